The Labute approximate surface area is 312 Å². The quantitative estimate of drug-likeness (QED) is 0.174. The first-order chi connectivity index (χ1) is 26.8. The third-order valence-corrected chi connectivity index (χ3v) is 12.0. The van der Waals surface area contributed by atoms with Crippen LogP contribution in [0.5, 0.6) is 0 Å². The van der Waals surface area contributed by atoms with Crippen LogP contribution in [0.2, 0.25) is 0 Å². The Morgan fingerprint density at radius 3 is 2.15 bits per heavy atom. The summed E-state index contributed by atoms with van der Waals surface area (Å²) in [5.41, 5.74) is 15.5. The van der Waals surface area contributed by atoms with E-state index in [1.165, 1.54) is 71.5 Å². The van der Waals surface area contributed by atoms with Crippen molar-refractivity contribution in [3.8, 4) is 11.3 Å². The molecule has 0 aliphatic heterocycles. The Morgan fingerprint density at radius 2 is 1.20 bits per heavy atom. The predicted molar refractivity (Wildman–Crippen MR) is 224 cm³/mol. The highest BCUT2D eigenvalue weighted by atomic mass is 14.7. The maximum absolute atomic E-state index is 5.26. The van der Waals surface area contributed by atoms with E-state index in [2.05, 4.69) is 158 Å². The van der Waals surface area contributed by atoms with Gasteiger partial charge in [-0.15, -0.1) is 0 Å². The molecule has 0 saturated carbocycles. The highest BCUT2D eigenvalue weighted by Crippen LogP contribution is 2.54. The van der Waals surface area contributed by atoms with Gasteiger partial charge in [0.05, 0.1) is 22.2 Å². The lowest BCUT2D eigenvalue weighted by Crippen LogP contribution is -2.30. The standard InChI is InChI=1S/C51H31N3/c1-2-8-37-30(6-1)15-26-44-48(37)43-9-3-4-10-45(43)54-49(44)35-13-11-31(12-14-35)36-21-16-32-19-24-41-38(22-17-33-18-23-40(36)46(32)47(33)41)39-27-29-53-51-42(39)25-20-34-7-5-28-52-50(34)51/h1-29,46-47H. The van der Waals surface area contributed by atoms with Crippen LogP contribution >= 0.6 is 0 Å². The molecule has 4 aliphatic rings. The summed E-state index contributed by atoms with van der Waals surface area (Å²) in [4.78, 5) is 14.8. The van der Waals surface area contributed by atoms with Crippen LogP contribution < -0.4 is 0 Å². The number of pyridine rings is 3. The first-order valence-electron chi connectivity index (χ1n) is 18.7. The highest BCUT2D eigenvalue weighted by Gasteiger charge is 2.40. The van der Waals surface area contributed by atoms with Crippen molar-refractivity contribution in [2.24, 2.45) is 11.8 Å². The lowest BCUT2D eigenvalue weighted by molar-refractivity contribution is 0.569. The molecule has 3 aromatic heterocycles. The van der Waals surface area contributed by atoms with Gasteiger partial charge in [0.2, 0.25) is 0 Å². The van der Waals surface area contributed by atoms with Gasteiger partial charge in [0.15, 0.2) is 0 Å². The van der Waals surface area contributed by atoms with Crippen molar-refractivity contribution in [1.29, 1.82) is 0 Å². The third kappa shape index (κ3) is 4.21. The first-order valence-corrected chi connectivity index (χ1v) is 18.7. The second-order valence-electron chi connectivity index (χ2n) is 14.7. The molecule has 3 heterocycles. The number of para-hydroxylation sites is 1. The molecule has 0 spiro atoms. The Kier molecular flexibility index (Phi) is 6.17. The second kappa shape index (κ2) is 11.3. The van der Waals surface area contributed by atoms with Crippen molar-refractivity contribution < 1.29 is 0 Å². The van der Waals surface area contributed by atoms with Crippen LogP contribution in [0.1, 0.15) is 11.1 Å². The zero-order chi connectivity index (χ0) is 35.3. The number of hydrogen-bond acceptors (Lipinski definition) is 3. The summed E-state index contributed by atoms with van der Waals surface area (Å²) >= 11 is 0. The molecule has 4 aliphatic carbocycles. The number of nitrogens with zero attached hydrogens (tertiary/aromatic N) is 3. The van der Waals surface area contributed by atoms with E-state index in [9.17, 15) is 0 Å². The van der Waals surface area contributed by atoms with Gasteiger partial charge in [-0.3, -0.25) is 9.97 Å². The molecule has 2 atom stereocenters. The van der Waals surface area contributed by atoms with Crippen LogP contribution in [-0.2, 0) is 0 Å². The van der Waals surface area contributed by atoms with Crippen LogP contribution in [0.3, 0.4) is 0 Å². The molecule has 12 rings (SSSR count). The van der Waals surface area contributed by atoms with Crippen molar-refractivity contribution in [3.63, 3.8) is 0 Å². The molecular weight excluding hydrogens is 655 g/mol. The van der Waals surface area contributed by atoms with E-state index < -0.39 is 0 Å². The number of allylic oxidation sites excluding steroid dienone is 14. The fraction of sp³-hybridized carbons (Fsp3) is 0.0392. The number of rotatable bonds is 3. The maximum atomic E-state index is 5.26. The smallest absolute Gasteiger partial charge is 0.0970 e. The number of hydrogen-bond donors (Lipinski definition) is 0. The summed E-state index contributed by atoms with van der Waals surface area (Å²) in [5, 5.41) is 8.38. The fourth-order valence-electron chi connectivity index (χ4n) is 9.52. The minimum absolute atomic E-state index is 0.244. The molecule has 5 aromatic carbocycles. The molecule has 250 valence electrons. The monoisotopic (exact) mass is 685 g/mol. The van der Waals surface area contributed by atoms with Crippen molar-refractivity contribution in [1.82, 2.24) is 15.0 Å². The number of fused-ring (bicyclic) bond motifs is 8. The fourth-order valence-corrected chi connectivity index (χ4v) is 9.52. The Balaban J connectivity index is 0.952. The van der Waals surface area contributed by atoms with Gasteiger partial charge in [0.1, 0.15) is 0 Å². The Morgan fingerprint density at radius 1 is 0.463 bits per heavy atom. The van der Waals surface area contributed by atoms with Crippen LogP contribution in [0.4, 0.5) is 0 Å². The van der Waals surface area contributed by atoms with E-state index in [0.29, 0.717) is 0 Å². The predicted octanol–water partition coefficient (Wildman–Crippen LogP) is 12.3. The van der Waals surface area contributed by atoms with Crippen molar-refractivity contribution >= 4 is 65.4 Å². The van der Waals surface area contributed by atoms with Gasteiger partial charge in [-0.05, 0) is 73.5 Å². The van der Waals surface area contributed by atoms with E-state index in [0.717, 1.165) is 38.6 Å². The molecule has 0 saturated heterocycles. The van der Waals surface area contributed by atoms with Gasteiger partial charge in [-0.25, -0.2) is 4.98 Å². The molecule has 0 amide bonds. The lowest BCUT2D eigenvalue weighted by Gasteiger charge is -2.42. The highest BCUT2D eigenvalue weighted by molar-refractivity contribution is 6.22. The first kappa shape index (κ1) is 29.6. The zero-order valence-electron chi connectivity index (χ0n) is 29.2. The normalized spacial score (nSPS) is 18.6. The Hall–Kier alpha value is -6.97. The van der Waals surface area contributed by atoms with Gasteiger partial charge < -0.3 is 0 Å². The van der Waals surface area contributed by atoms with Crippen molar-refractivity contribution in [2.45, 2.75) is 0 Å². The van der Waals surface area contributed by atoms with Gasteiger partial charge in [0, 0.05) is 56.7 Å². The van der Waals surface area contributed by atoms with Crippen LogP contribution in [0.25, 0.3) is 76.7 Å². The van der Waals surface area contributed by atoms with Gasteiger partial charge in [0.25, 0.3) is 0 Å². The molecule has 3 nitrogen and oxygen atoms in total. The average Bonchev–Trinajstić information content (AvgIpc) is 3.24. The lowest BCUT2D eigenvalue weighted by atomic mass is 9.61. The topological polar surface area (TPSA) is 38.7 Å². The van der Waals surface area contributed by atoms with Gasteiger partial charge in [-0.2, -0.15) is 0 Å². The zero-order valence-corrected chi connectivity index (χ0v) is 29.2. The minimum Gasteiger partial charge on any atom is -0.254 e. The summed E-state index contributed by atoms with van der Waals surface area (Å²) in [7, 11) is 0. The molecular formula is C51H31N3. The number of benzene rings is 5. The largest absolute Gasteiger partial charge is 0.254 e. The summed E-state index contributed by atoms with van der Waals surface area (Å²) < 4.78 is 0. The third-order valence-electron chi connectivity index (χ3n) is 12.0. The number of aromatic nitrogens is 3. The SMILES string of the molecule is C1=CC2=C(c3ccc(-c4nc5ccccc5c5c4ccc4ccccc45)cc3)C=CC3=CC=C4C(c5ccnc6c5ccc5cccnc56)=CC=C1C4C32. The van der Waals surface area contributed by atoms with E-state index in [4.69, 9.17) is 15.0 Å². The second-order valence-corrected chi connectivity index (χ2v) is 14.7. The van der Waals surface area contributed by atoms with E-state index in [1.807, 2.05) is 18.5 Å². The molecule has 3 heteroatoms. The van der Waals surface area contributed by atoms with Crippen LogP contribution in [-0.4, -0.2) is 15.0 Å². The Bertz CT molecular complexity index is 3190. The minimum atomic E-state index is 0.244. The summed E-state index contributed by atoms with van der Waals surface area (Å²) in [6.07, 6.45) is 22.5. The summed E-state index contributed by atoms with van der Waals surface area (Å²) in [6.45, 7) is 0. The van der Waals surface area contributed by atoms with E-state index in [-0.39, 0.29) is 11.8 Å². The van der Waals surface area contributed by atoms with Crippen molar-refractivity contribution in [3.05, 3.63) is 210 Å². The molecule has 8 aromatic rings. The van der Waals surface area contributed by atoms with Gasteiger partial charge in [-0.1, -0.05) is 146 Å². The molecule has 0 bridgehead atoms. The van der Waals surface area contributed by atoms with Crippen LogP contribution in [0, 0.1) is 11.8 Å². The summed E-state index contributed by atoms with van der Waals surface area (Å²) in [6, 6.07) is 41.4. The molecule has 2 unspecified atom stereocenters. The summed E-state index contributed by atoms with van der Waals surface area (Å²) in [5.74, 6) is 0.494. The van der Waals surface area contributed by atoms with Gasteiger partial charge >= 0.3 is 0 Å². The molecule has 0 N–H and O–H groups in total. The van der Waals surface area contributed by atoms with Crippen molar-refractivity contribution in [2.75, 3.05) is 0 Å². The molecule has 54 heavy (non-hydrogen) atoms. The molecule has 0 radical (unpaired) electrons. The van der Waals surface area contributed by atoms with E-state index >= 15 is 0 Å². The molecule has 0 fully saturated rings. The average molecular weight is 686 g/mol. The van der Waals surface area contributed by atoms with Crippen LogP contribution in [0.15, 0.2) is 199 Å². The van der Waals surface area contributed by atoms with E-state index in [1.54, 1.807) is 0 Å². The maximum Gasteiger partial charge on any atom is 0.0970 e.